The molecule has 0 saturated carbocycles. The number of thioether (sulfide) groups is 1. The third-order valence-corrected chi connectivity index (χ3v) is 6.15. The van der Waals surface area contributed by atoms with E-state index in [9.17, 15) is 17.6 Å². The van der Waals surface area contributed by atoms with Crippen molar-refractivity contribution in [1.82, 2.24) is 4.90 Å². The summed E-state index contributed by atoms with van der Waals surface area (Å²) in [5.41, 5.74) is 0.324. The molecule has 25 heavy (non-hydrogen) atoms. The zero-order valence-corrected chi connectivity index (χ0v) is 14.9. The maximum atomic E-state index is 13.6. The Kier molecular flexibility index (Phi) is 5.29. The zero-order valence-electron chi connectivity index (χ0n) is 13.3. The van der Waals surface area contributed by atoms with E-state index in [1.165, 1.54) is 42.5 Å². The highest BCUT2D eigenvalue weighted by molar-refractivity contribution is 7.99. The Morgan fingerprint density at radius 1 is 1.04 bits per heavy atom. The van der Waals surface area contributed by atoms with Gasteiger partial charge in [-0.2, -0.15) is 11.8 Å². The lowest BCUT2D eigenvalue weighted by molar-refractivity contribution is 0.0772. The third kappa shape index (κ3) is 4.13. The molecule has 1 aliphatic rings. The largest absolute Gasteiger partial charge is 0.337 e. The number of para-hydroxylation sites is 1. The van der Waals surface area contributed by atoms with Gasteiger partial charge < -0.3 is 4.90 Å². The van der Waals surface area contributed by atoms with E-state index in [1.54, 1.807) is 22.7 Å². The molecule has 132 valence electrons. The number of rotatable bonds is 4. The van der Waals surface area contributed by atoms with Crippen LogP contribution >= 0.6 is 11.8 Å². The maximum Gasteiger partial charge on any atom is 0.261 e. The van der Waals surface area contributed by atoms with E-state index >= 15 is 0 Å². The van der Waals surface area contributed by atoms with Gasteiger partial charge in [-0.3, -0.25) is 9.52 Å². The van der Waals surface area contributed by atoms with Crippen molar-refractivity contribution >= 4 is 33.4 Å². The normalized spacial score (nSPS) is 15.0. The number of carbonyl (C=O) groups excluding carboxylic acids is 1. The number of nitrogens with one attached hydrogen (secondary N) is 1. The average molecular weight is 380 g/mol. The molecule has 3 rings (SSSR count). The van der Waals surface area contributed by atoms with Crippen LogP contribution in [0.1, 0.15) is 10.4 Å². The topological polar surface area (TPSA) is 66.5 Å². The van der Waals surface area contributed by atoms with Crippen molar-refractivity contribution in [2.75, 3.05) is 29.3 Å². The quantitative estimate of drug-likeness (QED) is 0.886. The molecule has 0 aliphatic carbocycles. The Hall–Kier alpha value is -2.06. The number of hydrogen-bond donors (Lipinski definition) is 1. The summed E-state index contributed by atoms with van der Waals surface area (Å²) in [5, 5.41) is 0. The van der Waals surface area contributed by atoms with E-state index in [1.807, 2.05) is 0 Å². The molecule has 0 spiro atoms. The first-order chi connectivity index (χ1) is 12.0. The van der Waals surface area contributed by atoms with Gasteiger partial charge >= 0.3 is 0 Å². The van der Waals surface area contributed by atoms with Crippen LogP contribution in [0.5, 0.6) is 0 Å². The van der Waals surface area contributed by atoms with Crippen molar-refractivity contribution in [3.05, 3.63) is 59.9 Å². The average Bonchev–Trinajstić information content (AvgIpc) is 2.64. The van der Waals surface area contributed by atoms with E-state index in [2.05, 4.69) is 4.72 Å². The van der Waals surface area contributed by atoms with E-state index in [0.29, 0.717) is 18.7 Å². The summed E-state index contributed by atoms with van der Waals surface area (Å²) in [6.07, 6.45) is 0. The van der Waals surface area contributed by atoms with Gasteiger partial charge in [0.05, 0.1) is 10.6 Å². The van der Waals surface area contributed by atoms with Crippen molar-refractivity contribution in [2.24, 2.45) is 0 Å². The fraction of sp³-hybridized carbons (Fsp3) is 0.235. The van der Waals surface area contributed by atoms with Crippen LogP contribution in [-0.2, 0) is 10.0 Å². The molecule has 0 radical (unpaired) electrons. The molecule has 8 heteroatoms. The minimum absolute atomic E-state index is 0.0264. The van der Waals surface area contributed by atoms with E-state index in [4.69, 9.17) is 0 Å². The minimum atomic E-state index is -3.92. The smallest absolute Gasteiger partial charge is 0.261 e. The molecule has 1 saturated heterocycles. The monoisotopic (exact) mass is 380 g/mol. The van der Waals surface area contributed by atoms with Crippen LogP contribution in [0.15, 0.2) is 53.4 Å². The van der Waals surface area contributed by atoms with Crippen LogP contribution in [0.25, 0.3) is 0 Å². The Morgan fingerprint density at radius 2 is 1.68 bits per heavy atom. The first kappa shape index (κ1) is 17.8. The zero-order chi connectivity index (χ0) is 17.9. The molecule has 2 aromatic rings. The molecule has 0 aromatic heterocycles. The number of nitrogens with zero attached hydrogens (tertiary/aromatic N) is 1. The molecule has 0 atom stereocenters. The van der Waals surface area contributed by atoms with Crippen LogP contribution in [0.4, 0.5) is 10.1 Å². The van der Waals surface area contributed by atoms with E-state index in [-0.39, 0.29) is 16.5 Å². The predicted octanol–water partition coefficient (Wildman–Crippen LogP) is 2.82. The van der Waals surface area contributed by atoms with Gasteiger partial charge in [-0.05, 0) is 36.4 Å². The summed E-state index contributed by atoms with van der Waals surface area (Å²) in [6, 6.07) is 11.2. The lowest BCUT2D eigenvalue weighted by atomic mass is 10.2. The molecule has 5 nitrogen and oxygen atoms in total. The molecule has 1 fully saturated rings. The highest BCUT2D eigenvalue weighted by Crippen LogP contribution is 2.20. The number of amides is 1. The summed E-state index contributed by atoms with van der Waals surface area (Å²) in [7, 11) is -3.92. The second kappa shape index (κ2) is 7.45. The van der Waals surface area contributed by atoms with Crippen LogP contribution < -0.4 is 4.72 Å². The molecule has 2 aromatic carbocycles. The highest BCUT2D eigenvalue weighted by Gasteiger charge is 2.20. The lowest BCUT2D eigenvalue weighted by Gasteiger charge is -2.26. The molecule has 1 heterocycles. The standard InChI is InChI=1S/C17H17FN2O3S2/c18-15-3-1-2-4-16(15)19-25(22,23)14-7-5-13(6-8-14)17(21)20-9-11-24-12-10-20/h1-8,19H,9-12H2. The number of carbonyl (C=O) groups is 1. The minimum Gasteiger partial charge on any atom is -0.337 e. The Labute approximate surface area is 150 Å². The molecular weight excluding hydrogens is 363 g/mol. The predicted molar refractivity (Wildman–Crippen MR) is 96.9 cm³/mol. The van der Waals surface area contributed by atoms with Gasteiger partial charge in [0.1, 0.15) is 5.82 Å². The Bertz CT molecular complexity index is 864. The molecule has 1 amide bonds. The maximum absolute atomic E-state index is 13.6. The fourth-order valence-corrected chi connectivity index (χ4v) is 4.44. The van der Waals surface area contributed by atoms with Crippen molar-refractivity contribution in [2.45, 2.75) is 4.90 Å². The van der Waals surface area contributed by atoms with Gasteiger partial charge in [0, 0.05) is 30.2 Å². The fourth-order valence-electron chi connectivity index (χ4n) is 2.47. The summed E-state index contributed by atoms with van der Waals surface area (Å²) in [4.78, 5) is 14.1. The van der Waals surface area contributed by atoms with Gasteiger partial charge in [0.2, 0.25) is 0 Å². The number of anilines is 1. The number of halogens is 1. The Morgan fingerprint density at radius 3 is 2.32 bits per heavy atom. The number of hydrogen-bond acceptors (Lipinski definition) is 4. The SMILES string of the molecule is O=C(c1ccc(S(=O)(=O)Nc2ccccc2F)cc1)N1CCSCC1. The first-order valence-electron chi connectivity index (χ1n) is 7.72. The van der Waals surface area contributed by atoms with Crippen LogP contribution in [0, 0.1) is 5.82 Å². The van der Waals surface area contributed by atoms with E-state index in [0.717, 1.165) is 11.5 Å². The van der Waals surface area contributed by atoms with Gasteiger partial charge in [-0.1, -0.05) is 12.1 Å². The van der Waals surface area contributed by atoms with Crippen molar-refractivity contribution in [3.8, 4) is 0 Å². The Balaban J connectivity index is 1.77. The third-order valence-electron chi connectivity index (χ3n) is 3.83. The van der Waals surface area contributed by atoms with Gasteiger partial charge in [0.25, 0.3) is 15.9 Å². The summed E-state index contributed by atoms with van der Waals surface area (Å²) in [6.45, 7) is 1.39. The second-order valence-corrected chi connectivity index (χ2v) is 8.42. The summed E-state index contributed by atoms with van der Waals surface area (Å²) < 4.78 is 40.6. The lowest BCUT2D eigenvalue weighted by Crippen LogP contribution is -2.37. The highest BCUT2D eigenvalue weighted by atomic mass is 32.2. The van der Waals surface area contributed by atoms with Gasteiger partial charge in [-0.25, -0.2) is 12.8 Å². The van der Waals surface area contributed by atoms with Crippen LogP contribution in [-0.4, -0.2) is 43.8 Å². The van der Waals surface area contributed by atoms with Crippen LogP contribution in [0.2, 0.25) is 0 Å². The second-order valence-electron chi connectivity index (χ2n) is 5.51. The summed E-state index contributed by atoms with van der Waals surface area (Å²) in [5.74, 6) is 1.06. The van der Waals surface area contributed by atoms with Gasteiger partial charge in [0.15, 0.2) is 0 Å². The summed E-state index contributed by atoms with van der Waals surface area (Å²) >= 11 is 1.81. The molecule has 1 N–H and O–H groups in total. The number of benzene rings is 2. The number of sulfonamides is 1. The van der Waals surface area contributed by atoms with Crippen molar-refractivity contribution < 1.29 is 17.6 Å². The molecule has 0 bridgehead atoms. The molecular formula is C17H17FN2O3S2. The van der Waals surface area contributed by atoms with E-state index < -0.39 is 15.8 Å². The first-order valence-corrected chi connectivity index (χ1v) is 10.4. The van der Waals surface area contributed by atoms with Crippen LogP contribution in [0.3, 0.4) is 0 Å². The molecule has 1 aliphatic heterocycles. The van der Waals surface area contributed by atoms with Crippen molar-refractivity contribution in [3.63, 3.8) is 0 Å². The van der Waals surface area contributed by atoms with Gasteiger partial charge in [-0.15, -0.1) is 0 Å². The molecule has 0 unspecified atom stereocenters. The van der Waals surface area contributed by atoms with Crippen molar-refractivity contribution in [1.29, 1.82) is 0 Å².